The number of hydrogen-bond acceptors (Lipinski definition) is 4. The van der Waals surface area contributed by atoms with Crippen LogP contribution in [0.2, 0.25) is 0 Å². The molecule has 0 radical (unpaired) electrons. The molecule has 4 nitrogen and oxygen atoms in total. The SMILES string of the molecule is COc1ccc(F)cc1C[S@@](=O)Cc1ncc(C(C)C)o1. The lowest BCUT2D eigenvalue weighted by molar-refractivity contribution is 0.410. The number of halogens is 1. The van der Waals surface area contributed by atoms with Gasteiger partial charge in [0, 0.05) is 22.3 Å². The van der Waals surface area contributed by atoms with Crippen LogP contribution in [0.4, 0.5) is 4.39 Å². The largest absolute Gasteiger partial charge is 0.496 e. The van der Waals surface area contributed by atoms with E-state index in [1.165, 1.54) is 25.3 Å². The maximum absolute atomic E-state index is 13.3. The van der Waals surface area contributed by atoms with Crippen LogP contribution in [0, 0.1) is 5.82 Å². The molecule has 0 spiro atoms. The molecular formula is C15H18FNO3S. The molecule has 1 aromatic heterocycles. The summed E-state index contributed by atoms with van der Waals surface area (Å²) in [6.07, 6.45) is 1.65. The molecule has 1 atom stereocenters. The summed E-state index contributed by atoms with van der Waals surface area (Å²) in [5, 5.41) is 0. The van der Waals surface area contributed by atoms with Crippen molar-refractivity contribution in [3.8, 4) is 5.75 Å². The Morgan fingerprint density at radius 1 is 1.38 bits per heavy atom. The Bertz CT molecular complexity index is 640. The summed E-state index contributed by atoms with van der Waals surface area (Å²) in [6.45, 7) is 4.00. The van der Waals surface area contributed by atoms with Gasteiger partial charge in [-0.15, -0.1) is 0 Å². The molecule has 0 fully saturated rings. The van der Waals surface area contributed by atoms with Gasteiger partial charge in [0.25, 0.3) is 0 Å². The first-order chi connectivity index (χ1) is 9.99. The molecule has 2 rings (SSSR count). The highest BCUT2D eigenvalue weighted by atomic mass is 32.2. The summed E-state index contributed by atoms with van der Waals surface area (Å²) in [6, 6.07) is 4.18. The van der Waals surface area contributed by atoms with Gasteiger partial charge in [-0.3, -0.25) is 4.21 Å². The van der Waals surface area contributed by atoms with Crippen LogP contribution in [0.1, 0.15) is 37.0 Å². The number of rotatable bonds is 6. The van der Waals surface area contributed by atoms with E-state index in [0.29, 0.717) is 17.2 Å². The molecule has 0 aliphatic carbocycles. The van der Waals surface area contributed by atoms with Gasteiger partial charge in [0.05, 0.1) is 19.1 Å². The lowest BCUT2D eigenvalue weighted by Crippen LogP contribution is -2.02. The molecular weight excluding hydrogens is 293 g/mol. The van der Waals surface area contributed by atoms with Crippen molar-refractivity contribution in [1.29, 1.82) is 0 Å². The third-order valence-electron chi connectivity index (χ3n) is 2.98. The van der Waals surface area contributed by atoms with Crippen molar-refractivity contribution in [1.82, 2.24) is 4.98 Å². The van der Waals surface area contributed by atoms with E-state index in [-0.39, 0.29) is 23.2 Å². The summed E-state index contributed by atoms with van der Waals surface area (Å²) in [5.74, 6) is 1.99. The van der Waals surface area contributed by atoms with E-state index in [9.17, 15) is 8.60 Å². The average molecular weight is 311 g/mol. The molecule has 0 aliphatic rings. The fourth-order valence-electron chi connectivity index (χ4n) is 1.88. The Morgan fingerprint density at radius 2 is 2.14 bits per heavy atom. The van der Waals surface area contributed by atoms with Crippen LogP contribution in [0.15, 0.2) is 28.8 Å². The van der Waals surface area contributed by atoms with Gasteiger partial charge in [-0.2, -0.15) is 0 Å². The van der Waals surface area contributed by atoms with Gasteiger partial charge >= 0.3 is 0 Å². The van der Waals surface area contributed by atoms with Gasteiger partial charge in [-0.05, 0) is 18.2 Å². The van der Waals surface area contributed by atoms with Crippen molar-refractivity contribution in [2.75, 3.05) is 7.11 Å². The first kappa shape index (κ1) is 15.7. The quantitative estimate of drug-likeness (QED) is 0.820. The molecule has 6 heteroatoms. The van der Waals surface area contributed by atoms with Crippen LogP contribution in [-0.4, -0.2) is 16.3 Å². The summed E-state index contributed by atoms with van der Waals surface area (Å²) in [5.41, 5.74) is 0.575. The van der Waals surface area contributed by atoms with E-state index in [0.717, 1.165) is 5.76 Å². The number of nitrogens with zero attached hydrogens (tertiary/aromatic N) is 1. The Kier molecular flexibility index (Phi) is 5.12. The lowest BCUT2D eigenvalue weighted by atomic mass is 10.2. The topological polar surface area (TPSA) is 52.3 Å². The first-order valence-electron chi connectivity index (χ1n) is 6.61. The molecule has 0 amide bonds. The van der Waals surface area contributed by atoms with Crippen LogP contribution in [0.3, 0.4) is 0 Å². The van der Waals surface area contributed by atoms with Crippen molar-refractivity contribution in [2.24, 2.45) is 0 Å². The maximum atomic E-state index is 13.3. The molecule has 21 heavy (non-hydrogen) atoms. The zero-order valence-electron chi connectivity index (χ0n) is 12.3. The summed E-state index contributed by atoms with van der Waals surface area (Å²) in [4.78, 5) is 4.11. The first-order valence-corrected chi connectivity index (χ1v) is 8.10. The van der Waals surface area contributed by atoms with E-state index in [1.54, 1.807) is 6.20 Å². The fourth-order valence-corrected chi connectivity index (χ4v) is 2.96. The molecule has 2 aromatic rings. The van der Waals surface area contributed by atoms with Crippen LogP contribution < -0.4 is 4.74 Å². The zero-order valence-corrected chi connectivity index (χ0v) is 13.1. The van der Waals surface area contributed by atoms with Crippen LogP contribution in [0.5, 0.6) is 5.75 Å². The fraction of sp³-hybridized carbons (Fsp3) is 0.400. The Labute approximate surface area is 125 Å². The number of oxazole rings is 1. The van der Waals surface area contributed by atoms with Crippen molar-refractivity contribution in [3.63, 3.8) is 0 Å². The molecule has 1 heterocycles. The van der Waals surface area contributed by atoms with E-state index in [2.05, 4.69) is 4.98 Å². The van der Waals surface area contributed by atoms with Gasteiger partial charge in [0.1, 0.15) is 23.1 Å². The third kappa shape index (κ3) is 4.14. The minimum atomic E-state index is -1.24. The standard InChI is InChI=1S/C15H18FNO3S/c1-10(2)14-7-17-15(20-14)9-21(18)8-11-6-12(16)4-5-13(11)19-3/h4-7,10H,8-9H2,1-3H3/t21-/m1/s1. The number of methoxy groups -OCH3 is 1. The molecule has 0 N–H and O–H groups in total. The van der Waals surface area contributed by atoms with E-state index in [4.69, 9.17) is 9.15 Å². The molecule has 0 saturated carbocycles. The molecule has 1 aromatic carbocycles. The van der Waals surface area contributed by atoms with Crippen LogP contribution >= 0.6 is 0 Å². The Hall–Kier alpha value is -1.69. The molecule has 0 aliphatic heterocycles. The normalized spacial score (nSPS) is 12.6. The van der Waals surface area contributed by atoms with E-state index >= 15 is 0 Å². The second-order valence-electron chi connectivity index (χ2n) is 5.00. The van der Waals surface area contributed by atoms with Crippen LogP contribution in [0.25, 0.3) is 0 Å². The van der Waals surface area contributed by atoms with Gasteiger partial charge in [-0.25, -0.2) is 9.37 Å². The van der Waals surface area contributed by atoms with Crippen LogP contribution in [-0.2, 0) is 22.3 Å². The van der Waals surface area contributed by atoms with Crippen molar-refractivity contribution in [3.05, 3.63) is 47.4 Å². The molecule has 114 valence electrons. The highest BCUT2D eigenvalue weighted by Crippen LogP contribution is 2.22. The second kappa shape index (κ2) is 6.85. The number of ether oxygens (including phenoxy) is 1. The van der Waals surface area contributed by atoms with E-state index < -0.39 is 10.8 Å². The number of aromatic nitrogens is 1. The molecule has 0 saturated heterocycles. The van der Waals surface area contributed by atoms with Crippen molar-refractivity contribution >= 4 is 10.8 Å². The highest BCUT2D eigenvalue weighted by Gasteiger charge is 2.13. The zero-order chi connectivity index (χ0) is 15.4. The van der Waals surface area contributed by atoms with Gasteiger partial charge in [0.15, 0.2) is 0 Å². The Morgan fingerprint density at radius 3 is 2.76 bits per heavy atom. The summed E-state index contributed by atoms with van der Waals surface area (Å²) >= 11 is 0. The predicted octanol–water partition coefficient (Wildman–Crippen LogP) is 3.39. The summed E-state index contributed by atoms with van der Waals surface area (Å²) in [7, 11) is 0.258. The monoisotopic (exact) mass is 311 g/mol. The maximum Gasteiger partial charge on any atom is 0.206 e. The lowest BCUT2D eigenvalue weighted by Gasteiger charge is -2.07. The average Bonchev–Trinajstić information content (AvgIpc) is 2.87. The minimum absolute atomic E-state index is 0.195. The molecule has 0 bridgehead atoms. The van der Waals surface area contributed by atoms with Crippen molar-refractivity contribution in [2.45, 2.75) is 31.3 Å². The smallest absolute Gasteiger partial charge is 0.206 e. The van der Waals surface area contributed by atoms with Crippen molar-refractivity contribution < 1.29 is 17.8 Å². The predicted molar refractivity (Wildman–Crippen MR) is 79.1 cm³/mol. The van der Waals surface area contributed by atoms with Gasteiger partial charge in [-0.1, -0.05) is 13.8 Å². The van der Waals surface area contributed by atoms with E-state index in [1.807, 2.05) is 13.8 Å². The third-order valence-corrected chi connectivity index (χ3v) is 4.19. The molecule has 0 unspecified atom stereocenters. The number of benzene rings is 1. The number of hydrogen-bond donors (Lipinski definition) is 0. The van der Waals surface area contributed by atoms with Gasteiger partial charge in [0.2, 0.25) is 5.89 Å². The highest BCUT2D eigenvalue weighted by molar-refractivity contribution is 7.83. The summed E-state index contributed by atoms with van der Waals surface area (Å²) < 4.78 is 36.1. The van der Waals surface area contributed by atoms with Gasteiger partial charge < -0.3 is 9.15 Å². The minimum Gasteiger partial charge on any atom is -0.496 e. The second-order valence-corrected chi connectivity index (χ2v) is 6.45. The Balaban J connectivity index is 2.06.